The molecule has 0 aromatic heterocycles. The highest BCUT2D eigenvalue weighted by Gasteiger charge is 2.33. The first-order valence-electron chi connectivity index (χ1n) is 7.62. The molecule has 3 aromatic rings. The van der Waals surface area contributed by atoms with Crippen LogP contribution in [0.4, 0.5) is 0 Å². The molecule has 6 heteroatoms. The second kappa shape index (κ2) is 7.32. The summed E-state index contributed by atoms with van der Waals surface area (Å²) < 4.78 is 29.7. The maximum absolute atomic E-state index is 13.2. The summed E-state index contributed by atoms with van der Waals surface area (Å²) >= 11 is 0. The van der Waals surface area contributed by atoms with Crippen LogP contribution in [0.3, 0.4) is 0 Å². The van der Waals surface area contributed by atoms with E-state index in [2.05, 4.69) is 0 Å². The first-order valence-corrected chi connectivity index (χ1v) is 9.08. The Morgan fingerprint density at radius 2 is 1.12 bits per heavy atom. The quantitative estimate of drug-likeness (QED) is 0.604. The Kier molecular flexibility index (Phi) is 4.96. The van der Waals surface area contributed by atoms with Crippen molar-refractivity contribution in [3.63, 3.8) is 0 Å². The number of phosphoric ester groups is 1. The van der Waals surface area contributed by atoms with Crippen LogP contribution < -0.4 is 13.6 Å². The summed E-state index contributed by atoms with van der Waals surface area (Å²) in [5.41, 5.74) is 1.05. The predicted octanol–water partition coefficient (Wildman–Crippen LogP) is 5.35. The highest BCUT2D eigenvalue weighted by atomic mass is 31.2. The van der Waals surface area contributed by atoms with E-state index < -0.39 is 7.82 Å². The minimum Gasteiger partial charge on any atom is -0.508 e. The van der Waals surface area contributed by atoms with Gasteiger partial charge in [-0.3, -0.25) is 0 Å². The van der Waals surface area contributed by atoms with Gasteiger partial charge in [0.2, 0.25) is 0 Å². The van der Waals surface area contributed by atoms with Crippen LogP contribution in [0.25, 0.3) is 0 Å². The third-order valence-corrected chi connectivity index (χ3v) is 4.56. The molecular weight excluding hydrogens is 339 g/mol. The number of aromatic hydroxyl groups is 1. The number of phenols is 1. The van der Waals surface area contributed by atoms with Crippen molar-refractivity contribution in [3.05, 3.63) is 84.4 Å². The molecule has 5 nitrogen and oxygen atoms in total. The van der Waals surface area contributed by atoms with E-state index in [1.807, 2.05) is 25.1 Å². The van der Waals surface area contributed by atoms with Gasteiger partial charge in [-0.15, -0.1) is 0 Å². The molecule has 0 radical (unpaired) electrons. The molecule has 1 atom stereocenters. The summed E-state index contributed by atoms with van der Waals surface area (Å²) in [5, 5.41) is 9.36. The number of aryl methyl sites for hydroxylation is 1. The fraction of sp³-hybridized carbons (Fsp3) is 0.0526. The summed E-state index contributed by atoms with van der Waals surface area (Å²) in [6.07, 6.45) is 0. The molecule has 0 aliphatic heterocycles. The van der Waals surface area contributed by atoms with Crippen LogP contribution in [0.2, 0.25) is 0 Å². The van der Waals surface area contributed by atoms with E-state index in [0.29, 0.717) is 11.5 Å². The van der Waals surface area contributed by atoms with Gasteiger partial charge < -0.3 is 18.7 Å². The molecule has 25 heavy (non-hydrogen) atoms. The lowest BCUT2D eigenvalue weighted by Gasteiger charge is -2.19. The number of hydrogen-bond acceptors (Lipinski definition) is 5. The Balaban J connectivity index is 1.87. The zero-order chi connectivity index (χ0) is 17.7. The van der Waals surface area contributed by atoms with Gasteiger partial charge >= 0.3 is 7.82 Å². The van der Waals surface area contributed by atoms with Crippen molar-refractivity contribution in [2.75, 3.05) is 0 Å². The van der Waals surface area contributed by atoms with Gasteiger partial charge in [0.05, 0.1) is 0 Å². The fourth-order valence-corrected chi connectivity index (χ4v) is 3.28. The van der Waals surface area contributed by atoms with Crippen LogP contribution in [0.15, 0.2) is 78.9 Å². The van der Waals surface area contributed by atoms with E-state index in [4.69, 9.17) is 13.6 Å². The standard InChI is InChI=1S/C19H17O5P/c1-15-7-11-18(12-8-15)23-25(21,22-17-5-3-2-4-6-17)24-19-13-9-16(20)10-14-19/h2-14,20H,1H3. The summed E-state index contributed by atoms with van der Waals surface area (Å²) in [6, 6.07) is 21.5. The van der Waals surface area contributed by atoms with Crippen LogP contribution in [0.5, 0.6) is 23.0 Å². The van der Waals surface area contributed by atoms with Crippen LogP contribution in [-0.2, 0) is 4.57 Å². The number of phosphoric acid groups is 1. The van der Waals surface area contributed by atoms with E-state index >= 15 is 0 Å². The van der Waals surface area contributed by atoms with Gasteiger partial charge in [0, 0.05) is 0 Å². The van der Waals surface area contributed by atoms with Gasteiger partial charge in [-0.05, 0) is 55.5 Å². The molecule has 0 saturated carbocycles. The fourth-order valence-electron chi connectivity index (χ4n) is 2.03. The first kappa shape index (κ1) is 16.9. The van der Waals surface area contributed by atoms with E-state index in [9.17, 15) is 9.67 Å². The summed E-state index contributed by atoms with van der Waals surface area (Å²) in [7, 11) is -4.00. The van der Waals surface area contributed by atoms with Gasteiger partial charge in [0.25, 0.3) is 0 Å². The number of phenolic OH excluding ortho intramolecular Hbond substituents is 1. The van der Waals surface area contributed by atoms with Crippen LogP contribution in [0, 0.1) is 6.92 Å². The molecule has 0 heterocycles. The molecule has 1 N–H and O–H groups in total. The number of para-hydroxylation sites is 1. The largest absolute Gasteiger partial charge is 0.647 e. The zero-order valence-corrected chi connectivity index (χ0v) is 14.4. The van der Waals surface area contributed by atoms with Crippen molar-refractivity contribution in [2.45, 2.75) is 6.92 Å². The van der Waals surface area contributed by atoms with Crippen LogP contribution >= 0.6 is 7.82 Å². The van der Waals surface area contributed by atoms with Crippen LogP contribution in [-0.4, -0.2) is 5.11 Å². The molecule has 0 amide bonds. The SMILES string of the molecule is Cc1ccc(OP(=O)(Oc2ccccc2)Oc2ccc(O)cc2)cc1. The minimum absolute atomic E-state index is 0.0746. The molecule has 3 rings (SSSR count). The van der Waals surface area contributed by atoms with Crippen molar-refractivity contribution in [1.82, 2.24) is 0 Å². The average Bonchev–Trinajstić information content (AvgIpc) is 2.60. The Morgan fingerprint density at radius 3 is 1.64 bits per heavy atom. The molecule has 3 aromatic carbocycles. The lowest BCUT2D eigenvalue weighted by Crippen LogP contribution is -2.07. The van der Waals surface area contributed by atoms with Gasteiger partial charge in [-0.25, -0.2) is 0 Å². The first-order chi connectivity index (χ1) is 12.0. The Hall–Kier alpha value is -2.91. The Bertz CT molecular complexity index is 809. The monoisotopic (exact) mass is 356 g/mol. The van der Waals surface area contributed by atoms with Crippen LogP contribution in [0.1, 0.15) is 5.56 Å². The third kappa shape index (κ3) is 4.78. The van der Waals surface area contributed by atoms with E-state index in [-0.39, 0.29) is 11.5 Å². The third-order valence-electron chi connectivity index (χ3n) is 3.25. The van der Waals surface area contributed by atoms with Crippen molar-refractivity contribution in [2.24, 2.45) is 0 Å². The molecule has 0 spiro atoms. The Morgan fingerprint density at radius 1 is 0.680 bits per heavy atom. The van der Waals surface area contributed by atoms with Crippen molar-refractivity contribution in [3.8, 4) is 23.0 Å². The van der Waals surface area contributed by atoms with Gasteiger partial charge in [0.15, 0.2) is 0 Å². The van der Waals surface area contributed by atoms with Gasteiger partial charge in [-0.1, -0.05) is 35.9 Å². The minimum atomic E-state index is -4.00. The predicted molar refractivity (Wildman–Crippen MR) is 95.2 cm³/mol. The summed E-state index contributed by atoms with van der Waals surface area (Å²) in [4.78, 5) is 0. The van der Waals surface area contributed by atoms with Gasteiger partial charge in [0.1, 0.15) is 23.0 Å². The number of benzene rings is 3. The number of rotatable bonds is 6. The van der Waals surface area contributed by atoms with Crippen molar-refractivity contribution >= 4 is 7.82 Å². The molecule has 0 bridgehead atoms. The lowest BCUT2D eigenvalue weighted by molar-refractivity contribution is 0.298. The highest BCUT2D eigenvalue weighted by molar-refractivity contribution is 7.49. The normalized spacial score (nSPS) is 12.8. The topological polar surface area (TPSA) is 65.0 Å². The van der Waals surface area contributed by atoms with E-state index in [1.165, 1.54) is 24.3 Å². The van der Waals surface area contributed by atoms with Crippen molar-refractivity contribution in [1.29, 1.82) is 0 Å². The zero-order valence-electron chi connectivity index (χ0n) is 13.5. The highest BCUT2D eigenvalue weighted by Crippen LogP contribution is 2.49. The lowest BCUT2D eigenvalue weighted by atomic mass is 10.2. The Labute approximate surface area is 146 Å². The average molecular weight is 356 g/mol. The smallest absolute Gasteiger partial charge is 0.508 e. The van der Waals surface area contributed by atoms with Gasteiger partial charge in [-0.2, -0.15) is 4.57 Å². The molecule has 0 aliphatic rings. The van der Waals surface area contributed by atoms with E-state index in [0.717, 1.165) is 5.56 Å². The van der Waals surface area contributed by atoms with Crippen molar-refractivity contribution < 1.29 is 23.2 Å². The molecule has 0 aliphatic carbocycles. The maximum Gasteiger partial charge on any atom is 0.647 e. The molecule has 1 unspecified atom stereocenters. The second-order valence-electron chi connectivity index (χ2n) is 5.34. The molecule has 0 saturated heterocycles. The second-order valence-corrected chi connectivity index (χ2v) is 6.78. The molecule has 0 fully saturated rings. The van der Waals surface area contributed by atoms with E-state index in [1.54, 1.807) is 36.4 Å². The number of hydrogen-bond donors (Lipinski definition) is 1. The molecular formula is C19H17O5P. The summed E-state index contributed by atoms with van der Waals surface area (Å²) in [6.45, 7) is 1.94. The maximum atomic E-state index is 13.2. The molecule has 128 valence electrons. The summed E-state index contributed by atoms with van der Waals surface area (Å²) in [5.74, 6) is 1.05.